The first-order valence-electron chi connectivity index (χ1n) is 7.69. The monoisotopic (exact) mass is 380 g/mol. The number of carbonyl (C=O) groups is 2. The summed E-state index contributed by atoms with van der Waals surface area (Å²) in [7, 11) is 1.45. The van der Waals surface area contributed by atoms with Gasteiger partial charge in [-0.05, 0) is 36.8 Å². The zero-order valence-corrected chi connectivity index (χ0v) is 15.4. The minimum Gasteiger partial charge on any atom is -0.494 e. The molecule has 2 N–H and O–H groups in total. The number of rotatable bonds is 6. The van der Waals surface area contributed by atoms with Crippen LogP contribution in [0.3, 0.4) is 0 Å². The van der Waals surface area contributed by atoms with Crippen LogP contribution in [0.2, 0.25) is 10.0 Å². The molecule has 0 aromatic heterocycles. The second kappa shape index (κ2) is 8.74. The number of amides is 2. The van der Waals surface area contributed by atoms with Crippen molar-refractivity contribution in [1.29, 1.82) is 0 Å². The van der Waals surface area contributed by atoms with Crippen LogP contribution in [0.4, 0.5) is 11.4 Å². The Morgan fingerprint density at radius 1 is 1.04 bits per heavy atom. The summed E-state index contributed by atoms with van der Waals surface area (Å²) in [6.07, 6.45) is 1.21. The second-order valence-electron chi connectivity index (χ2n) is 5.31. The van der Waals surface area contributed by atoms with Gasteiger partial charge in [-0.1, -0.05) is 36.2 Å². The van der Waals surface area contributed by atoms with Gasteiger partial charge in [0.1, 0.15) is 0 Å². The predicted molar refractivity (Wildman–Crippen MR) is 101 cm³/mol. The molecule has 0 fully saturated rings. The Balaban J connectivity index is 2.14. The number of halogens is 2. The van der Waals surface area contributed by atoms with Gasteiger partial charge in [0.2, 0.25) is 5.91 Å². The molecule has 2 aromatic carbocycles. The van der Waals surface area contributed by atoms with Crippen LogP contribution in [0.5, 0.6) is 5.75 Å². The third-order valence-electron chi connectivity index (χ3n) is 3.35. The quantitative estimate of drug-likeness (QED) is 0.741. The highest BCUT2D eigenvalue weighted by atomic mass is 35.5. The Labute approximate surface area is 156 Å². The van der Waals surface area contributed by atoms with Gasteiger partial charge in [0.05, 0.1) is 17.2 Å². The van der Waals surface area contributed by atoms with Crippen molar-refractivity contribution in [2.24, 2.45) is 0 Å². The van der Waals surface area contributed by atoms with Crippen LogP contribution >= 0.6 is 23.2 Å². The molecule has 7 heteroatoms. The Kier molecular flexibility index (Phi) is 6.67. The number of methoxy groups -OCH3 is 1. The van der Waals surface area contributed by atoms with Crippen LogP contribution < -0.4 is 15.4 Å². The molecule has 2 rings (SSSR count). The van der Waals surface area contributed by atoms with Crippen molar-refractivity contribution in [3.05, 3.63) is 52.0 Å². The third-order valence-corrected chi connectivity index (χ3v) is 3.91. The van der Waals surface area contributed by atoms with Crippen molar-refractivity contribution < 1.29 is 14.3 Å². The molecular weight excluding hydrogens is 363 g/mol. The van der Waals surface area contributed by atoms with Crippen LogP contribution in [-0.2, 0) is 4.79 Å². The van der Waals surface area contributed by atoms with Crippen molar-refractivity contribution in [3.63, 3.8) is 0 Å². The van der Waals surface area contributed by atoms with Gasteiger partial charge in [0.15, 0.2) is 5.75 Å². The van der Waals surface area contributed by atoms with Crippen LogP contribution in [0, 0.1) is 0 Å². The van der Waals surface area contributed by atoms with Gasteiger partial charge >= 0.3 is 0 Å². The van der Waals surface area contributed by atoms with Gasteiger partial charge in [0.25, 0.3) is 5.91 Å². The highest BCUT2D eigenvalue weighted by molar-refractivity contribution is 6.37. The lowest BCUT2D eigenvalue weighted by Gasteiger charge is -2.11. The van der Waals surface area contributed by atoms with E-state index in [0.29, 0.717) is 29.1 Å². The largest absolute Gasteiger partial charge is 0.494 e. The molecule has 0 bridgehead atoms. The van der Waals surface area contributed by atoms with Crippen molar-refractivity contribution in [3.8, 4) is 5.75 Å². The Morgan fingerprint density at radius 2 is 1.64 bits per heavy atom. The molecule has 5 nitrogen and oxygen atoms in total. The molecule has 0 heterocycles. The maximum atomic E-state index is 12.4. The molecule has 0 saturated heterocycles. The molecule has 132 valence electrons. The molecule has 0 aliphatic heterocycles. The lowest BCUT2D eigenvalue weighted by Crippen LogP contribution is -2.13. The minimum atomic E-state index is -0.372. The van der Waals surface area contributed by atoms with Crippen molar-refractivity contribution >= 4 is 46.4 Å². The fraction of sp³-hybridized carbons (Fsp3) is 0.222. The Morgan fingerprint density at radius 3 is 2.20 bits per heavy atom. The van der Waals surface area contributed by atoms with E-state index in [4.69, 9.17) is 27.9 Å². The topological polar surface area (TPSA) is 67.4 Å². The predicted octanol–water partition coefficient (Wildman–Crippen LogP) is 4.99. The van der Waals surface area contributed by atoms with Gasteiger partial charge in [-0.3, -0.25) is 9.59 Å². The molecule has 0 unspecified atom stereocenters. The Hall–Kier alpha value is -2.24. The molecule has 0 aliphatic carbocycles. The average molecular weight is 381 g/mol. The maximum Gasteiger partial charge on any atom is 0.255 e. The molecule has 0 radical (unpaired) electrons. The van der Waals surface area contributed by atoms with Gasteiger partial charge in [-0.15, -0.1) is 0 Å². The number of hydrogen-bond acceptors (Lipinski definition) is 3. The first-order chi connectivity index (χ1) is 11.9. The van der Waals surface area contributed by atoms with Crippen molar-refractivity contribution in [2.45, 2.75) is 19.8 Å². The second-order valence-corrected chi connectivity index (χ2v) is 6.12. The van der Waals surface area contributed by atoms with E-state index in [1.807, 2.05) is 6.92 Å². The van der Waals surface area contributed by atoms with Crippen LogP contribution in [0.15, 0.2) is 36.4 Å². The number of hydrogen-bond donors (Lipinski definition) is 2. The Bertz CT molecular complexity index is 771. The van der Waals surface area contributed by atoms with Crippen molar-refractivity contribution in [1.82, 2.24) is 0 Å². The SMILES string of the molecule is CCCC(=O)Nc1cccc(NC(=O)c2cc(Cl)c(OC)c(Cl)c2)c1. The van der Waals surface area contributed by atoms with E-state index >= 15 is 0 Å². The fourth-order valence-corrected chi connectivity index (χ4v) is 2.86. The summed E-state index contributed by atoms with van der Waals surface area (Å²) in [6, 6.07) is 9.86. The van der Waals surface area contributed by atoms with E-state index in [9.17, 15) is 9.59 Å². The fourth-order valence-electron chi connectivity index (χ4n) is 2.21. The normalized spacial score (nSPS) is 10.2. The van der Waals surface area contributed by atoms with E-state index in [0.717, 1.165) is 6.42 Å². The number of anilines is 2. The maximum absolute atomic E-state index is 12.4. The zero-order valence-electron chi connectivity index (χ0n) is 13.9. The van der Waals surface area contributed by atoms with Crippen molar-refractivity contribution in [2.75, 3.05) is 17.7 Å². The van der Waals surface area contributed by atoms with Crippen LogP contribution in [0.25, 0.3) is 0 Å². The molecule has 2 amide bonds. The molecule has 2 aromatic rings. The van der Waals surface area contributed by atoms with E-state index in [-0.39, 0.29) is 21.9 Å². The standard InChI is InChI=1S/C18H18Cl2N2O3/c1-3-5-16(23)21-12-6-4-7-13(10-12)22-18(24)11-8-14(19)17(25-2)15(20)9-11/h4,6-10H,3,5H2,1-2H3,(H,21,23)(H,22,24). The van der Waals surface area contributed by atoms with Crippen LogP contribution in [0.1, 0.15) is 30.1 Å². The summed E-state index contributed by atoms with van der Waals surface area (Å²) in [6.45, 7) is 1.93. The van der Waals surface area contributed by atoms with E-state index in [1.165, 1.54) is 19.2 Å². The molecular formula is C18H18Cl2N2O3. The molecule has 0 aliphatic rings. The van der Waals surface area contributed by atoms with Gasteiger partial charge in [-0.25, -0.2) is 0 Å². The summed E-state index contributed by atoms with van der Waals surface area (Å²) in [5, 5.41) is 6.03. The summed E-state index contributed by atoms with van der Waals surface area (Å²) in [4.78, 5) is 24.1. The van der Waals surface area contributed by atoms with Gasteiger partial charge in [0, 0.05) is 23.4 Å². The molecule has 25 heavy (non-hydrogen) atoms. The highest BCUT2D eigenvalue weighted by Crippen LogP contribution is 2.34. The molecule has 0 atom stereocenters. The van der Waals surface area contributed by atoms with Gasteiger partial charge in [-0.2, -0.15) is 0 Å². The third kappa shape index (κ3) is 5.11. The zero-order chi connectivity index (χ0) is 18.4. The number of carbonyl (C=O) groups excluding carboxylic acids is 2. The first-order valence-corrected chi connectivity index (χ1v) is 8.44. The summed E-state index contributed by atoms with van der Waals surface area (Å²) < 4.78 is 5.07. The summed E-state index contributed by atoms with van der Waals surface area (Å²) in [5.41, 5.74) is 1.46. The highest BCUT2D eigenvalue weighted by Gasteiger charge is 2.14. The number of nitrogens with one attached hydrogen (secondary N) is 2. The molecule has 0 spiro atoms. The van der Waals surface area contributed by atoms with E-state index in [2.05, 4.69) is 10.6 Å². The number of benzene rings is 2. The molecule has 0 saturated carbocycles. The summed E-state index contributed by atoms with van der Waals surface area (Å²) >= 11 is 12.1. The van der Waals surface area contributed by atoms with Gasteiger partial charge < -0.3 is 15.4 Å². The van der Waals surface area contributed by atoms with Crippen LogP contribution in [-0.4, -0.2) is 18.9 Å². The average Bonchev–Trinajstić information content (AvgIpc) is 2.55. The lowest BCUT2D eigenvalue weighted by molar-refractivity contribution is -0.116. The summed E-state index contributed by atoms with van der Waals surface area (Å²) in [5.74, 6) is -0.122. The first kappa shape index (κ1) is 19.1. The number of ether oxygens (including phenoxy) is 1. The minimum absolute atomic E-state index is 0.0697. The lowest BCUT2D eigenvalue weighted by atomic mass is 10.2. The van der Waals surface area contributed by atoms with E-state index < -0.39 is 0 Å². The smallest absolute Gasteiger partial charge is 0.255 e. The van der Waals surface area contributed by atoms with E-state index in [1.54, 1.807) is 24.3 Å².